The topological polar surface area (TPSA) is 116 Å². The number of rotatable bonds is 5. The lowest BCUT2D eigenvalue weighted by molar-refractivity contribution is -0.122. The molecule has 2 fully saturated rings. The van der Waals surface area contributed by atoms with Crippen LogP contribution in [-0.4, -0.2) is 56.2 Å². The molecule has 0 saturated carbocycles. The number of ether oxygens (including phenoxy) is 2. The Hall–Kier alpha value is -2.78. The highest BCUT2D eigenvalue weighted by Gasteiger charge is 2.44. The van der Waals surface area contributed by atoms with Crippen molar-refractivity contribution in [2.45, 2.75) is 25.3 Å². The third-order valence-corrected chi connectivity index (χ3v) is 7.39. The van der Waals surface area contributed by atoms with Gasteiger partial charge in [-0.1, -0.05) is 0 Å². The van der Waals surface area contributed by atoms with Gasteiger partial charge in [0.25, 0.3) is 11.8 Å². The molecule has 4 rings (SSSR count). The highest BCUT2D eigenvalue weighted by Crippen LogP contribution is 2.28. The van der Waals surface area contributed by atoms with Crippen LogP contribution in [-0.2, 0) is 14.3 Å². The number of aliphatic imine (C=N–C) groups is 1. The van der Waals surface area contributed by atoms with Crippen molar-refractivity contribution < 1.29 is 19.1 Å². The standard InChI is InChI=1S/C23H24BrN5O4S/c1-15-12-16(2-3-17(15)29-8-11-32-9-6-20(29)26-14-25)27-22(31)23(7-10-33-13-23)28-21(30)18-4-5-19(24)34-18/h2-5,12H,6-11,13H2,1H3,(H,27,31)(H,28,30)/b26-20-. The van der Waals surface area contributed by atoms with E-state index in [1.807, 2.05) is 30.1 Å². The van der Waals surface area contributed by atoms with Crippen LogP contribution in [0.25, 0.3) is 0 Å². The molecule has 0 spiro atoms. The maximum atomic E-state index is 13.3. The highest BCUT2D eigenvalue weighted by atomic mass is 79.9. The molecule has 3 heterocycles. The predicted molar refractivity (Wildman–Crippen MR) is 133 cm³/mol. The summed E-state index contributed by atoms with van der Waals surface area (Å²) in [6, 6.07) is 9.07. The van der Waals surface area contributed by atoms with E-state index in [9.17, 15) is 9.59 Å². The van der Waals surface area contributed by atoms with E-state index < -0.39 is 5.54 Å². The molecule has 2 aliphatic heterocycles. The van der Waals surface area contributed by atoms with Crippen LogP contribution in [0.3, 0.4) is 0 Å². The van der Waals surface area contributed by atoms with Crippen molar-refractivity contribution in [2.24, 2.45) is 4.99 Å². The minimum absolute atomic E-state index is 0.107. The second kappa shape index (κ2) is 10.7. The smallest absolute Gasteiger partial charge is 0.262 e. The molecule has 9 nitrogen and oxygen atoms in total. The molecule has 1 unspecified atom stereocenters. The minimum atomic E-state index is -1.14. The van der Waals surface area contributed by atoms with Gasteiger partial charge in [-0.15, -0.1) is 11.3 Å². The zero-order chi connectivity index (χ0) is 24.1. The van der Waals surface area contributed by atoms with Gasteiger partial charge in [-0.05, 0) is 58.7 Å². The van der Waals surface area contributed by atoms with Gasteiger partial charge in [0.2, 0.25) is 6.19 Å². The summed E-state index contributed by atoms with van der Waals surface area (Å²) in [5, 5.41) is 14.9. The molecule has 11 heteroatoms. The van der Waals surface area contributed by atoms with Gasteiger partial charge in [0.15, 0.2) is 0 Å². The summed E-state index contributed by atoms with van der Waals surface area (Å²) in [7, 11) is 0. The van der Waals surface area contributed by atoms with Gasteiger partial charge in [-0.3, -0.25) is 9.59 Å². The maximum Gasteiger partial charge on any atom is 0.262 e. The minimum Gasteiger partial charge on any atom is -0.379 e. The molecular weight excluding hydrogens is 522 g/mol. The van der Waals surface area contributed by atoms with Gasteiger partial charge >= 0.3 is 0 Å². The van der Waals surface area contributed by atoms with E-state index >= 15 is 0 Å². The molecule has 34 heavy (non-hydrogen) atoms. The number of carbonyl (C=O) groups is 2. The molecule has 2 N–H and O–H groups in total. The summed E-state index contributed by atoms with van der Waals surface area (Å²) in [5.74, 6) is 0.0245. The first-order valence-corrected chi connectivity index (χ1v) is 12.4. The van der Waals surface area contributed by atoms with Gasteiger partial charge in [0, 0.05) is 37.4 Å². The van der Waals surface area contributed by atoms with Crippen molar-refractivity contribution in [3.63, 3.8) is 0 Å². The average molecular weight is 546 g/mol. The Balaban J connectivity index is 1.51. The zero-order valence-electron chi connectivity index (χ0n) is 18.6. The van der Waals surface area contributed by atoms with Crippen LogP contribution in [0, 0.1) is 18.4 Å². The third kappa shape index (κ3) is 5.31. The summed E-state index contributed by atoms with van der Waals surface area (Å²) in [5.41, 5.74) is 1.27. The van der Waals surface area contributed by atoms with Gasteiger partial charge in [-0.2, -0.15) is 10.3 Å². The maximum absolute atomic E-state index is 13.3. The van der Waals surface area contributed by atoms with Crippen LogP contribution in [0.5, 0.6) is 0 Å². The Labute approximate surface area is 209 Å². The SMILES string of the molecule is Cc1cc(NC(=O)C2(NC(=O)c3ccc(Br)s3)CCOC2)ccc1N1CCOCC/C1=N/C#N. The Kier molecular flexibility index (Phi) is 7.63. The van der Waals surface area contributed by atoms with Crippen LogP contribution >= 0.6 is 27.3 Å². The number of benzene rings is 1. The van der Waals surface area contributed by atoms with Crippen LogP contribution in [0.15, 0.2) is 39.1 Å². The summed E-state index contributed by atoms with van der Waals surface area (Å²) in [4.78, 5) is 32.5. The molecule has 1 aromatic heterocycles. The van der Waals surface area contributed by atoms with Gasteiger partial charge < -0.3 is 25.0 Å². The highest BCUT2D eigenvalue weighted by molar-refractivity contribution is 9.11. The molecular formula is C23H24BrN5O4S. The fraction of sp³-hybridized carbons (Fsp3) is 0.391. The zero-order valence-corrected chi connectivity index (χ0v) is 21.0. The van der Waals surface area contributed by atoms with Gasteiger partial charge in [0.1, 0.15) is 11.4 Å². The second-order valence-corrected chi connectivity index (χ2v) is 10.5. The van der Waals surface area contributed by atoms with E-state index in [-0.39, 0.29) is 18.4 Å². The van der Waals surface area contributed by atoms with E-state index in [0.717, 1.165) is 15.0 Å². The molecule has 0 radical (unpaired) electrons. The van der Waals surface area contributed by atoms with Crippen LogP contribution in [0.1, 0.15) is 28.1 Å². The number of carbonyl (C=O) groups excluding carboxylic acids is 2. The summed E-state index contributed by atoms with van der Waals surface area (Å²) >= 11 is 4.66. The van der Waals surface area contributed by atoms with Crippen molar-refractivity contribution >= 4 is 56.3 Å². The number of nitrogens with one attached hydrogen (secondary N) is 2. The number of aryl methyl sites for hydroxylation is 1. The van der Waals surface area contributed by atoms with Crippen molar-refractivity contribution in [3.8, 4) is 6.19 Å². The Morgan fingerprint density at radius 2 is 2.09 bits per heavy atom. The Morgan fingerprint density at radius 1 is 1.24 bits per heavy atom. The van der Waals surface area contributed by atoms with Crippen molar-refractivity contribution in [3.05, 3.63) is 44.6 Å². The van der Waals surface area contributed by atoms with E-state index in [1.165, 1.54) is 11.3 Å². The lowest BCUT2D eigenvalue weighted by Gasteiger charge is -2.28. The molecule has 0 bridgehead atoms. The number of nitrogens with zero attached hydrogens (tertiary/aromatic N) is 3. The lowest BCUT2D eigenvalue weighted by Crippen LogP contribution is -2.57. The molecule has 0 aliphatic carbocycles. The first kappa shape index (κ1) is 24.3. The summed E-state index contributed by atoms with van der Waals surface area (Å²) < 4.78 is 11.9. The van der Waals surface area contributed by atoms with E-state index in [2.05, 4.69) is 31.6 Å². The van der Waals surface area contributed by atoms with E-state index in [4.69, 9.17) is 14.7 Å². The number of amides is 2. The fourth-order valence-corrected chi connectivity index (χ4v) is 5.30. The first-order chi connectivity index (χ1) is 16.4. The summed E-state index contributed by atoms with van der Waals surface area (Å²) in [6.07, 6.45) is 2.81. The largest absolute Gasteiger partial charge is 0.379 e. The molecule has 2 saturated heterocycles. The van der Waals surface area contributed by atoms with Crippen LogP contribution in [0.2, 0.25) is 0 Å². The molecule has 1 atom stereocenters. The van der Waals surface area contributed by atoms with Crippen molar-refractivity contribution in [2.75, 3.05) is 43.2 Å². The Bertz CT molecular complexity index is 1150. The molecule has 2 aliphatic rings. The number of hydrogen-bond acceptors (Lipinski definition) is 7. The predicted octanol–water partition coefficient (Wildman–Crippen LogP) is 3.45. The normalized spacial score (nSPS) is 21.7. The average Bonchev–Trinajstić information content (AvgIpc) is 3.40. The molecule has 178 valence electrons. The fourth-order valence-electron chi connectivity index (χ4n) is 4.02. The number of nitriles is 1. The van der Waals surface area contributed by atoms with Crippen molar-refractivity contribution in [1.29, 1.82) is 5.26 Å². The third-order valence-electron chi connectivity index (χ3n) is 5.77. The number of amidine groups is 1. The monoisotopic (exact) mass is 545 g/mol. The number of thiophene rings is 1. The second-order valence-electron chi connectivity index (χ2n) is 8.04. The number of anilines is 2. The number of hydrogen-bond donors (Lipinski definition) is 2. The quantitative estimate of drug-likeness (QED) is 0.556. The Morgan fingerprint density at radius 3 is 2.76 bits per heavy atom. The van der Waals surface area contributed by atoms with Gasteiger partial charge in [-0.25, -0.2) is 0 Å². The van der Waals surface area contributed by atoms with E-state index in [0.29, 0.717) is 55.6 Å². The van der Waals surface area contributed by atoms with E-state index in [1.54, 1.807) is 18.2 Å². The first-order valence-electron chi connectivity index (χ1n) is 10.8. The summed E-state index contributed by atoms with van der Waals surface area (Å²) in [6.45, 7) is 4.06. The van der Waals surface area contributed by atoms with Crippen LogP contribution < -0.4 is 15.5 Å². The molecule has 2 amide bonds. The molecule has 1 aromatic carbocycles. The van der Waals surface area contributed by atoms with Crippen molar-refractivity contribution in [1.82, 2.24) is 5.32 Å². The number of halogens is 1. The van der Waals surface area contributed by atoms with Crippen LogP contribution in [0.4, 0.5) is 11.4 Å². The van der Waals surface area contributed by atoms with Gasteiger partial charge in [0.05, 0.1) is 28.5 Å². The lowest BCUT2D eigenvalue weighted by atomic mass is 9.96. The molecule has 2 aromatic rings.